The van der Waals surface area contributed by atoms with Gasteiger partial charge in [-0.1, -0.05) is 13.8 Å². The van der Waals surface area contributed by atoms with Gasteiger partial charge >= 0.3 is 0 Å². The largest absolute Gasteiger partial charge is 0.316 e. The molecule has 0 bridgehead atoms. The molecule has 2 aliphatic heterocycles. The number of likely N-dealkylation sites (N-methyl/N-ethyl adjacent to an activating group) is 1. The lowest BCUT2D eigenvalue weighted by atomic mass is 9.74. The van der Waals surface area contributed by atoms with E-state index >= 15 is 0 Å². The van der Waals surface area contributed by atoms with E-state index in [1.807, 2.05) is 0 Å². The molecular weight excluding hydrogens is 234 g/mol. The normalized spacial score (nSPS) is 30.8. The summed E-state index contributed by atoms with van der Waals surface area (Å²) in [6.07, 6.45) is 5.50. The number of hydrogen-bond acceptors (Lipinski definition) is 3. The monoisotopic (exact) mass is 267 g/mol. The smallest absolute Gasteiger partial charge is 0.0217 e. The first-order chi connectivity index (χ1) is 8.99. The van der Waals surface area contributed by atoms with Gasteiger partial charge in [0, 0.05) is 19.1 Å². The number of nitrogens with zero attached hydrogens (tertiary/aromatic N) is 2. The maximum Gasteiger partial charge on any atom is 0.0217 e. The summed E-state index contributed by atoms with van der Waals surface area (Å²) < 4.78 is 0. The van der Waals surface area contributed by atoms with Crippen LogP contribution >= 0.6 is 0 Å². The van der Waals surface area contributed by atoms with Crippen LogP contribution in [0.15, 0.2) is 0 Å². The Morgan fingerprint density at radius 1 is 1.21 bits per heavy atom. The summed E-state index contributed by atoms with van der Waals surface area (Å²) in [4.78, 5) is 5.12. The van der Waals surface area contributed by atoms with Crippen LogP contribution < -0.4 is 5.32 Å². The van der Waals surface area contributed by atoms with Gasteiger partial charge in [-0.05, 0) is 70.7 Å². The van der Waals surface area contributed by atoms with Crippen LogP contribution in [0.2, 0.25) is 0 Å². The molecule has 2 unspecified atom stereocenters. The highest BCUT2D eigenvalue weighted by atomic mass is 15.2. The molecule has 1 N–H and O–H groups in total. The van der Waals surface area contributed by atoms with Crippen LogP contribution in [-0.4, -0.2) is 62.7 Å². The molecular formula is C16H33N3. The van der Waals surface area contributed by atoms with E-state index in [2.05, 4.69) is 43.1 Å². The van der Waals surface area contributed by atoms with Gasteiger partial charge in [0.05, 0.1) is 0 Å². The maximum atomic E-state index is 3.58. The minimum atomic E-state index is 0.446. The minimum Gasteiger partial charge on any atom is -0.316 e. The number of rotatable bonds is 4. The fraction of sp³-hybridized carbons (Fsp3) is 1.00. The quantitative estimate of drug-likeness (QED) is 0.841. The zero-order valence-electron chi connectivity index (χ0n) is 13.4. The highest BCUT2D eigenvalue weighted by molar-refractivity contribution is 4.88. The molecule has 2 rings (SSSR count). The van der Waals surface area contributed by atoms with Crippen LogP contribution in [0.5, 0.6) is 0 Å². The van der Waals surface area contributed by atoms with Crippen molar-refractivity contribution in [1.29, 1.82) is 0 Å². The van der Waals surface area contributed by atoms with Gasteiger partial charge in [-0.3, -0.25) is 0 Å². The molecule has 0 saturated carbocycles. The Balaban J connectivity index is 1.87. The van der Waals surface area contributed by atoms with Crippen LogP contribution in [0.25, 0.3) is 0 Å². The van der Waals surface area contributed by atoms with E-state index in [1.165, 1.54) is 58.4 Å². The van der Waals surface area contributed by atoms with Crippen LogP contribution in [0.4, 0.5) is 0 Å². The van der Waals surface area contributed by atoms with Crippen molar-refractivity contribution in [3.05, 3.63) is 0 Å². The SMILES string of the molecule is CN(C)C1CCCN(CC(C)(C)C2CCCNC2)C1. The third kappa shape index (κ3) is 4.17. The molecule has 2 saturated heterocycles. The van der Waals surface area contributed by atoms with Gasteiger partial charge in [-0.25, -0.2) is 0 Å². The highest BCUT2D eigenvalue weighted by Gasteiger charge is 2.33. The molecule has 0 aliphatic carbocycles. The van der Waals surface area contributed by atoms with Crippen molar-refractivity contribution in [3.8, 4) is 0 Å². The Morgan fingerprint density at radius 2 is 2.00 bits per heavy atom. The molecule has 0 spiro atoms. The molecule has 0 aromatic heterocycles. The highest BCUT2D eigenvalue weighted by Crippen LogP contribution is 2.33. The predicted molar refractivity (Wildman–Crippen MR) is 82.5 cm³/mol. The third-order valence-corrected chi connectivity index (χ3v) is 5.24. The Labute approximate surface area is 119 Å². The van der Waals surface area contributed by atoms with E-state index in [1.54, 1.807) is 0 Å². The van der Waals surface area contributed by atoms with Crippen LogP contribution in [-0.2, 0) is 0 Å². The molecule has 0 aromatic carbocycles. The number of likely N-dealkylation sites (tertiary alicyclic amines) is 1. The van der Waals surface area contributed by atoms with E-state index in [0.29, 0.717) is 5.41 Å². The summed E-state index contributed by atoms with van der Waals surface area (Å²) in [6, 6.07) is 0.758. The van der Waals surface area contributed by atoms with E-state index < -0.39 is 0 Å². The second-order valence-corrected chi connectivity index (χ2v) is 7.53. The molecule has 112 valence electrons. The summed E-state index contributed by atoms with van der Waals surface area (Å²) in [5.41, 5.74) is 0.446. The Hall–Kier alpha value is -0.120. The van der Waals surface area contributed by atoms with Gasteiger partial charge in [-0.15, -0.1) is 0 Å². The number of piperidine rings is 2. The molecule has 19 heavy (non-hydrogen) atoms. The van der Waals surface area contributed by atoms with Crippen molar-refractivity contribution >= 4 is 0 Å². The van der Waals surface area contributed by atoms with Crippen molar-refractivity contribution < 1.29 is 0 Å². The molecule has 2 fully saturated rings. The van der Waals surface area contributed by atoms with Gasteiger partial charge in [0.25, 0.3) is 0 Å². The van der Waals surface area contributed by atoms with Gasteiger partial charge < -0.3 is 15.1 Å². The molecule has 0 aromatic rings. The summed E-state index contributed by atoms with van der Waals surface area (Å²) in [5.74, 6) is 0.848. The zero-order chi connectivity index (χ0) is 13.9. The van der Waals surface area contributed by atoms with Gasteiger partial charge in [0.2, 0.25) is 0 Å². The first kappa shape index (κ1) is 15.3. The fourth-order valence-electron chi connectivity index (χ4n) is 3.82. The topological polar surface area (TPSA) is 18.5 Å². The minimum absolute atomic E-state index is 0.446. The lowest BCUT2D eigenvalue weighted by Gasteiger charge is -2.44. The van der Waals surface area contributed by atoms with E-state index in [0.717, 1.165) is 12.0 Å². The van der Waals surface area contributed by atoms with Crippen molar-refractivity contribution in [2.75, 3.05) is 46.8 Å². The molecule has 3 nitrogen and oxygen atoms in total. The van der Waals surface area contributed by atoms with Gasteiger partial charge in [-0.2, -0.15) is 0 Å². The average molecular weight is 267 g/mol. The number of hydrogen-bond donors (Lipinski definition) is 1. The van der Waals surface area contributed by atoms with Crippen molar-refractivity contribution in [2.45, 2.75) is 45.6 Å². The van der Waals surface area contributed by atoms with Crippen LogP contribution in [0.3, 0.4) is 0 Å². The standard InChI is InChI=1S/C16H33N3/c1-16(2,14-7-5-9-17-11-14)13-19-10-6-8-15(12-19)18(3)4/h14-15,17H,5-13H2,1-4H3. The lowest BCUT2D eigenvalue weighted by molar-refractivity contribution is 0.0615. The molecule has 0 radical (unpaired) electrons. The molecule has 2 atom stereocenters. The van der Waals surface area contributed by atoms with Gasteiger partial charge in [0.1, 0.15) is 0 Å². The molecule has 2 aliphatic rings. The summed E-state index contributed by atoms with van der Waals surface area (Å²) >= 11 is 0. The third-order valence-electron chi connectivity index (χ3n) is 5.24. The van der Waals surface area contributed by atoms with E-state index in [-0.39, 0.29) is 0 Å². The van der Waals surface area contributed by atoms with E-state index in [4.69, 9.17) is 0 Å². The van der Waals surface area contributed by atoms with Crippen molar-refractivity contribution in [2.24, 2.45) is 11.3 Å². The summed E-state index contributed by atoms with van der Waals surface area (Å²) in [7, 11) is 4.45. The zero-order valence-corrected chi connectivity index (χ0v) is 13.4. The van der Waals surface area contributed by atoms with E-state index in [9.17, 15) is 0 Å². The molecule has 2 heterocycles. The maximum absolute atomic E-state index is 3.58. The second kappa shape index (κ2) is 6.55. The molecule has 3 heteroatoms. The van der Waals surface area contributed by atoms with Gasteiger partial charge in [0.15, 0.2) is 0 Å². The average Bonchev–Trinajstić information content (AvgIpc) is 2.39. The Bertz CT molecular complexity index is 269. The summed E-state index contributed by atoms with van der Waals surface area (Å²) in [6.45, 7) is 11.2. The van der Waals surface area contributed by atoms with Crippen molar-refractivity contribution in [1.82, 2.24) is 15.1 Å². The fourth-order valence-corrected chi connectivity index (χ4v) is 3.82. The van der Waals surface area contributed by atoms with Crippen LogP contribution in [0.1, 0.15) is 39.5 Å². The number of nitrogens with one attached hydrogen (secondary N) is 1. The Kier molecular flexibility index (Phi) is 5.27. The first-order valence-electron chi connectivity index (χ1n) is 8.08. The van der Waals surface area contributed by atoms with Crippen molar-refractivity contribution in [3.63, 3.8) is 0 Å². The van der Waals surface area contributed by atoms with Crippen LogP contribution in [0, 0.1) is 11.3 Å². The predicted octanol–water partition coefficient (Wildman–Crippen LogP) is 2.04. The Morgan fingerprint density at radius 3 is 2.63 bits per heavy atom. The molecule has 0 amide bonds. The summed E-state index contributed by atoms with van der Waals surface area (Å²) in [5, 5.41) is 3.58. The first-order valence-corrected chi connectivity index (χ1v) is 8.08. The second-order valence-electron chi connectivity index (χ2n) is 7.53. The lowest BCUT2D eigenvalue weighted by Crippen LogP contribution is -2.50.